The quantitative estimate of drug-likeness (QED) is 0.560. The predicted molar refractivity (Wildman–Crippen MR) is 34.5 cm³/mol. The molecule has 0 heterocycles. The first-order valence-electron chi connectivity index (χ1n) is 3.05. The normalized spacial score (nSPS) is 18.0. The van der Waals surface area contributed by atoms with Gasteiger partial charge in [-0.05, 0) is 25.8 Å². The first kappa shape index (κ1) is 7.92. The fraction of sp³-hybridized carbons (Fsp3) is 1.00. The molecular formula is C6H15NO. The monoisotopic (exact) mass is 117 g/mol. The second-order valence-corrected chi connectivity index (χ2v) is 2.43. The maximum Gasteiger partial charge on any atom is 0.0515 e. The molecule has 0 aliphatic heterocycles. The molecule has 0 aromatic carbocycles. The third-order valence-electron chi connectivity index (χ3n) is 1.15. The molecule has 0 amide bonds. The van der Waals surface area contributed by atoms with Crippen LogP contribution in [0.4, 0.5) is 0 Å². The molecular weight excluding hydrogens is 102 g/mol. The van der Waals surface area contributed by atoms with E-state index in [0.717, 1.165) is 6.42 Å². The van der Waals surface area contributed by atoms with Gasteiger partial charge in [-0.1, -0.05) is 6.92 Å². The van der Waals surface area contributed by atoms with Gasteiger partial charge in [-0.15, -0.1) is 0 Å². The molecule has 0 bridgehead atoms. The molecule has 0 aromatic heterocycles. The number of hydrogen-bond donors (Lipinski definition) is 2. The maximum atomic E-state index is 8.80. The van der Waals surface area contributed by atoms with Gasteiger partial charge in [-0.3, -0.25) is 0 Å². The van der Waals surface area contributed by atoms with E-state index in [2.05, 4.69) is 0 Å². The number of nitrogens with two attached hydrogens (primary N) is 1. The molecule has 0 fully saturated rings. The standard InChI is InChI=1S/C6H15NO/c1-5(4-7)3-6(2)8/h5-6,8H,3-4,7H2,1-2H3. The van der Waals surface area contributed by atoms with Crippen molar-refractivity contribution >= 4 is 0 Å². The van der Waals surface area contributed by atoms with Crippen LogP contribution in [0.3, 0.4) is 0 Å². The molecule has 2 unspecified atom stereocenters. The van der Waals surface area contributed by atoms with E-state index < -0.39 is 0 Å². The number of rotatable bonds is 3. The highest BCUT2D eigenvalue weighted by Gasteiger charge is 2.01. The number of aliphatic hydroxyl groups excluding tert-OH is 1. The van der Waals surface area contributed by atoms with Gasteiger partial charge in [0.1, 0.15) is 0 Å². The Morgan fingerprint density at radius 1 is 1.50 bits per heavy atom. The second kappa shape index (κ2) is 3.87. The zero-order chi connectivity index (χ0) is 6.57. The van der Waals surface area contributed by atoms with Gasteiger partial charge in [0.05, 0.1) is 6.10 Å². The Morgan fingerprint density at radius 3 is 2.12 bits per heavy atom. The molecule has 0 rings (SSSR count). The molecule has 0 saturated heterocycles. The van der Waals surface area contributed by atoms with Gasteiger partial charge in [0.2, 0.25) is 0 Å². The summed E-state index contributed by atoms with van der Waals surface area (Å²) < 4.78 is 0. The third kappa shape index (κ3) is 4.09. The second-order valence-electron chi connectivity index (χ2n) is 2.43. The highest BCUT2D eigenvalue weighted by atomic mass is 16.3. The van der Waals surface area contributed by atoms with E-state index in [1.165, 1.54) is 0 Å². The minimum absolute atomic E-state index is 0.200. The van der Waals surface area contributed by atoms with Crippen molar-refractivity contribution in [1.29, 1.82) is 0 Å². The van der Waals surface area contributed by atoms with E-state index in [0.29, 0.717) is 12.5 Å². The molecule has 0 radical (unpaired) electrons. The summed E-state index contributed by atoms with van der Waals surface area (Å²) in [6, 6.07) is 0. The summed E-state index contributed by atoms with van der Waals surface area (Å²) in [4.78, 5) is 0. The molecule has 0 aliphatic rings. The van der Waals surface area contributed by atoms with Crippen molar-refractivity contribution in [1.82, 2.24) is 0 Å². The first-order valence-corrected chi connectivity index (χ1v) is 3.05. The van der Waals surface area contributed by atoms with Crippen molar-refractivity contribution in [2.24, 2.45) is 11.7 Å². The molecule has 8 heavy (non-hydrogen) atoms. The van der Waals surface area contributed by atoms with Crippen molar-refractivity contribution in [2.75, 3.05) is 6.54 Å². The van der Waals surface area contributed by atoms with Crippen LogP contribution in [-0.2, 0) is 0 Å². The Hall–Kier alpha value is -0.0800. The Morgan fingerprint density at radius 2 is 2.00 bits per heavy atom. The van der Waals surface area contributed by atoms with Crippen molar-refractivity contribution in [3.63, 3.8) is 0 Å². The third-order valence-corrected chi connectivity index (χ3v) is 1.15. The van der Waals surface area contributed by atoms with Crippen molar-refractivity contribution in [3.05, 3.63) is 0 Å². The fourth-order valence-electron chi connectivity index (χ4n) is 0.679. The van der Waals surface area contributed by atoms with Crippen LogP contribution in [0.15, 0.2) is 0 Å². The Bertz CT molecular complexity index is 54.5. The maximum absolute atomic E-state index is 8.80. The van der Waals surface area contributed by atoms with Gasteiger partial charge in [0.25, 0.3) is 0 Å². The SMILES string of the molecule is CC(O)CC(C)CN. The van der Waals surface area contributed by atoms with E-state index in [1.807, 2.05) is 6.92 Å². The molecule has 0 aromatic rings. The van der Waals surface area contributed by atoms with E-state index in [9.17, 15) is 0 Å². The van der Waals surface area contributed by atoms with Gasteiger partial charge in [0, 0.05) is 0 Å². The van der Waals surface area contributed by atoms with Crippen molar-refractivity contribution in [3.8, 4) is 0 Å². The van der Waals surface area contributed by atoms with Crippen LogP contribution in [0.5, 0.6) is 0 Å². The minimum Gasteiger partial charge on any atom is -0.393 e. The fourth-order valence-corrected chi connectivity index (χ4v) is 0.679. The molecule has 2 heteroatoms. The topological polar surface area (TPSA) is 46.2 Å². The summed E-state index contributed by atoms with van der Waals surface area (Å²) in [5.41, 5.74) is 5.31. The smallest absolute Gasteiger partial charge is 0.0515 e. The molecule has 3 N–H and O–H groups in total. The van der Waals surface area contributed by atoms with Gasteiger partial charge in [0.15, 0.2) is 0 Å². The van der Waals surface area contributed by atoms with Crippen LogP contribution >= 0.6 is 0 Å². The lowest BCUT2D eigenvalue weighted by molar-refractivity contribution is 0.165. The largest absolute Gasteiger partial charge is 0.393 e. The highest BCUT2D eigenvalue weighted by Crippen LogP contribution is 2.01. The van der Waals surface area contributed by atoms with Crippen LogP contribution in [0.2, 0.25) is 0 Å². The average Bonchev–Trinajstić information content (AvgIpc) is 1.65. The summed E-state index contributed by atoms with van der Waals surface area (Å²) in [5.74, 6) is 0.454. The van der Waals surface area contributed by atoms with Gasteiger partial charge in [-0.25, -0.2) is 0 Å². The molecule has 2 nitrogen and oxygen atoms in total. The molecule has 2 atom stereocenters. The van der Waals surface area contributed by atoms with E-state index >= 15 is 0 Å². The molecule has 0 spiro atoms. The van der Waals surface area contributed by atoms with Gasteiger partial charge >= 0.3 is 0 Å². The lowest BCUT2D eigenvalue weighted by atomic mass is 10.1. The van der Waals surface area contributed by atoms with Crippen LogP contribution in [0, 0.1) is 5.92 Å². The van der Waals surface area contributed by atoms with Crippen LogP contribution in [-0.4, -0.2) is 17.8 Å². The molecule has 0 saturated carbocycles. The number of hydrogen-bond acceptors (Lipinski definition) is 2. The van der Waals surface area contributed by atoms with Crippen LogP contribution < -0.4 is 5.73 Å². The average molecular weight is 117 g/mol. The van der Waals surface area contributed by atoms with E-state index in [4.69, 9.17) is 10.8 Å². The van der Waals surface area contributed by atoms with E-state index in [-0.39, 0.29) is 6.10 Å². The summed E-state index contributed by atoms with van der Waals surface area (Å²) in [6.07, 6.45) is 0.616. The van der Waals surface area contributed by atoms with E-state index in [1.54, 1.807) is 6.92 Å². The summed E-state index contributed by atoms with van der Waals surface area (Å²) in [5, 5.41) is 8.80. The minimum atomic E-state index is -0.200. The zero-order valence-electron chi connectivity index (χ0n) is 5.59. The lowest BCUT2D eigenvalue weighted by Crippen LogP contribution is -2.15. The van der Waals surface area contributed by atoms with Crippen LogP contribution in [0.1, 0.15) is 20.3 Å². The summed E-state index contributed by atoms with van der Waals surface area (Å²) >= 11 is 0. The molecule has 0 aliphatic carbocycles. The Kier molecular flexibility index (Phi) is 3.83. The van der Waals surface area contributed by atoms with Gasteiger partial charge in [-0.2, -0.15) is 0 Å². The van der Waals surface area contributed by atoms with Crippen molar-refractivity contribution in [2.45, 2.75) is 26.4 Å². The summed E-state index contributed by atoms with van der Waals surface area (Å²) in [7, 11) is 0. The first-order chi connectivity index (χ1) is 3.66. The zero-order valence-corrected chi connectivity index (χ0v) is 5.59. The molecule has 50 valence electrons. The van der Waals surface area contributed by atoms with Crippen LogP contribution in [0.25, 0.3) is 0 Å². The predicted octanol–water partition coefficient (Wildman–Crippen LogP) is 0.352. The lowest BCUT2D eigenvalue weighted by Gasteiger charge is -2.08. The number of aliphatic hydroxyl groups is 1. The van der Waals surface area contributed by atoms with Crippen molar-refractivity contribution < 1.29 is 5.11 Å². The summed E-state index contributed by atoms with van der Waals surface area (Å²) in [6.45, 7) is 4.49. The Balaban J connectivity index is 3.10. The Labute approximate surface area is 50.7 Å². The van der Waals surface area contributed by atoms with Gasteiger partial charge < -0.3 is 10.8 Å². The highest BCUT2D eigenvalue weighted by molar-refractivity contribution is 4.56.